The molecule has 0 bridgehead atoms. The molecule has 0 saturated heterocycles. The summed E-state index contributed by atoms with van der Waals surface area (Å²) >= 11 is 1.56. The molecule has 152 valence electrons. The molecule has 30 heavy (non-hydrogen) atoms. The number of rotatable bonds is 5. The summed E-state index contributed by atoms with van der Waals surface area (Å²) in [5.41, 5.74) is 6.14. The summed E-state index contributed by atoms with van der Waals surface area (Å²) in [5.74, 6) is -0.0439. The van der Waals surface area contributed by atoms with Crippen molar-refractivity contribution in [2.75, 3.05) is 23.9 Å². The van der Waals surface area contributed by atoms with Crippen LogP contribution in [0, 0.1) is 13.8 Å². The first-order valence-corrected chi connectivity index (χ1v) is 10.8. The molecule has 0 saturated carbocycles. The molecule has 5 heteroatoms. The Balaban J connectivity index is 1.76. The molecule has 0 aliphatic rings. The number of thiazole rings is 1. The van der Waals surface area contributed by atoms with Crippen molar-refractivity contribution in [2.24, 2.45) is 0 Å². The van der Waals surface area contributed by atoms with E-state index in [0.29, 0.717) is 12.1 Å². The van der Waals surface area contributed by atoms with Crippen LogP contribution in [0.2, 0.25) is 0 Å². The van der Waals surface area contributed by atoms with Crippen LogP contribution in [0.4, 0.5) is 10.8 Å². The molecule has 3 aromatic carbocycles. The topological polar surface area (TPSA) is 36.4 Å². The van der Waals surface area contributed by atoms with E-state index in [-0.39, 0.29) is 5.91 Å². The molecule has 0 spiro atoms. The van der Waals surface area contributed by atoms with Gasteiger partial charge < -0.3 is 4.90 Å². The van der Waals surface area contributed by atoms with Gasteiger partial charge >= 0.3 is 0 Å². The molecule has 4 aromatic rings. The Hall–Kier alpha value is -3.18. The lowest BCUT2D eigenvalue weighted by Crippen LogP contribution is -2.30. The van der Waals surface area contributed by atoms with Gasteiger partial charge in [-0.3, -0.25) is 9.69 Å². The molecule has 0 atom stereocenters. The number of anilines is 2. The van der Waals surface area contributed by atoms with Crippen LogP contribution >= 0.6 is 11.3 Å². The highest BCUT2D eigenvalue weighted by Crippen LogP contribution is 2.33. The van der Waals surface area contributed by atoms with Gasteiger partial charge in [0.25, 0.3) is 5.91 Å². The maximum absolute atomic E-state index is 13.5. The number of carbonyl (C=O) groups excluding carboxylic acids is 1. The predicted octanol–water partition coefficient (Wildman–Crippen LogP) is 5.83. The van der Waals surface area contributed by atoms with Crippen molar-refractivity contribution in [3.63, 3.8) is 0 Å². The SMILES string of the molecule is Cc1ccc2sc(N(Cc3ccccc3)C(=O)c3ccc(N(C)C)cc3)nc2c1C. The van der Waals surface area contributed by atoms with E-state index < -0.39 is 0 Å². The molecule has 4 nitrogen and oxygen atoms in total. The first-order chi connectivity index (χ1) is 14.4. The molecule has 1 aromatic heterocycles. The number of hydrogen-bond donors (Lipinski definition) is 0. The van der Waals surface area contributed by atoms with E-state index in [4.69, 9.17) is 4.98 Å². The van der Waals surface area contributed by atoms with Crippen molar-refractivity contribution in [2.45, 2.75) is 20.4 Å². The highest BCUT2D eigenvalue weighted by atomic mass is 32.1. The number of nitrogens with zero attached hydrogens (tertiary/aromatic N) is 3. The molecule has 1 heterocycles. The zero-order valence-corrected chi connectivity index (χ0v) is 18.5. The summed E-state index contributed by atoms with van der Waals surface area (Å²) in [7, 11) is 3.98. The van der Waals surface area contributed by atoms with Crippen LogP contribution in [0.1, 0.15) is 27.0 Å². The maximum atomic E-state index is 13.5. The predicted molar refractivity (Wildman–Crippen MR) is 127 cm³/mol. The second-order valence-electron chi connectivity index (χ2n) is 7.67. The van der Waals surface area contributed by atoms with Crippen molar-refractivity contribution in [3.8, 4) is 0 Å². The molecule has 4 rings (SSSR count). The van der Waals surface area contributed by atoms with Gasteiger partial charge in [-0.05, 0) is 60.9 Å². The van der Waals surface area contributed by atoms with Crippen molar-refractivity contribution in [1.82, 2.24) is 4.98 Å². The number of aromatic nitrogens is 1. The number of carbonyl (C=O) groups is 1. The molecule has 0 aliphatic carbocycles. The molecule has 0 radical (unpaired) electrons. The third-order valence-electron chi connectivity index (χ3n) is 5.36. The summed E-state index contributed by atoms with van der Waals surface area (Å²) in [5, 5.41) is 0.726. The second-order valence-corrected chi connectivity index (χ2v) is 8.68. The van der Waals surface area contributed by atoms with Gasteiger partial charge in [0.1, 0.15) is 0 Å². The number of amides is 1. The van der Waals surface area contributed by atoms with Crippen molar-refractivity contribution in [1.29, 1.82) is 0 Å². The summed E-state index contributed by atoms with van der Waals surface area (Å²) in [6, 6.07) is 22.0. The zero-order valence-electron chi connectivity index (χ0n) is 17.7. The quantitative estimate of drug-likeness (QED) is 0.412. The highest BCUT2D eigenvalue weighted by molar-refractivity contribution is 7.22. The van der Waals surface area contributed by atoms with E-state index in [1.807, 2.05) is 73.6 Å². The third-order valence-corrected chi connectivity index (χ3v) is 6.41. The van der Waals surface area contributed by atoms with E-state index >= 15 is 0 Å². The molecule has 0 aliphatic heterocycles. The Morgan fingerprint density at radius 2 is 1.63 bits per heavy atom. The zero-order chi connectivity index (χ0) is 21.3. The second kappa shape index (κ2) is 8.28. The minimum Gasteiger partial charge on any atom is -0.378 e. The van der Waals surface area contributed by atoms with Gasteiger partial charge in [0, 0.05) is 25.3 Å². The van der Waals surface area contributed by atoms with Crippen LogP contribution in [0.25, 0.3) is 10.2 Å². The Morgan fingerprint density at radius 1 is 0.933 bits per heavy atom. The number of fused-ring (bicyclic) bond motifs is 1. The van der Waals surface area contributed by atoms with Crippen LogP contribution < -0.4 is 9.80 Å². The van der Waals surface area contributed by atoms with Crippen LogP contribution in [0.3, 0.4) is 0 Å². The fourth-order valence-electron chi connectivity index (χ4n) is 3.38. The molecule has 0 N–H and O–H groups in total. The fourth-order valence-corrected chi connectivity index (χ4v) is 4.40. The largest absolute Gasteiger partial charge is 0.378 e. The minimum absolute atomic E-state index is 0.0439. The van der Waals surface area contributed by atoms with E-state index in [1.165, 1.54) is 5.56 Å². The molecule has 0 unspecified atom stereocenters. The monoisotopic (exact) mass is 415 g/mol. The number of hydrogen-bond acceptors (Lipinski definition) is 4. The normalized spacial score (nSPS) is 10.9. The van der Waals surface area contributed by atoms with Gasteiger partial charge in [-0.2, -0.15) is 0 Å². The van der Waals surface area contributed by atoms with Crippen LogP contribution in [-0.4, -0.2) is 25.0 Å². The first-order valence-electron chi connectivity index (χ1n) is 9.94. The summed E-state index contributed by atoms with van der Waals surface area (Å²) in [4.78, 5) is 22.2. The average molecular weight is 416 g/mol. The number of benzene rings is 3. The lowest BCUT2D eigenvalue weighted by atomic mass is 10.1. The summed E-state index contributed by atoms with van der Waals surface area (Å²) in [6.07, 6.45) is 0. The lowest BCUT2D eigenvalue weighted by Gasteiger charge is -2.21. The highest BCUT2D eigenvalue weighted by Gasteiger charge is 2.22. The fraction of sp³-hybridized carbons (Fsp3) is 0.200. The van der Waals surface area contributed by atoms with Crippen molar-refractivity contribution < 1.29 is 4.79 Å². The molecule has 0 fully saturated rings. The van der Waals surface area contributed by atoms with Gasteiger partial charge in [-0.1, -0.05) is 47.7 Å². The standard InChI is InChI=1S/C25H25N3OS/c1-17-10-15-22-23(18(17)2)26-25(30-22)28(16-19-8-6-5-7-9-19)24(29)20-11-13-21(14-12-20)27(3)4/h5-15H,16H2,1-4H3. The van der Waals surface area contributed by atoms with E-state index in [2.05, 4.69) is 26.0 Å². The van der Waals surface area contributed by atoms with Gasteiger partial charge in [-0.25, -0.2) is 4.98 Å². The van der Waals surface area contributed by atoms with E-state index in [0.717, 1.165) is 32.2 Å². The Morgan fingerprint density at radius 3 is 2.30 bits per heavy atom. The lowest BCUT2D eigenvalue weighted by molar-refractivity contribution is 0.0985. The van der Waals surface area contributed by atoms with Gasteiger partial charge in [0.2, 0.25) is 0 Å². The van der Waals surface area contributed by atoms with Gasteiger partial charge in [0.15, 0.2) is 5.13 Å². The van der Waals surface area contributed by atoms with Crippen molar-refractivity contribution in [3.05, 3.63) is 89.0 Å². The maximum Gasteiger partial charge on any atom is 0.260 e. The minimum atomic E-state index is -0.0439. The Labute approximate surface area is 181 Å². The van der Waals surface area contributed by atoms with Gasteiger partial charge in [-0.15, -0.1) is 0 Å². The Bertz CT molecular complexity index is 1180. The number of aryl methyl sites for hydroxylation is 2. The first kappa shape index (κ1) is 20.1. The Kier molecular flexibility index (Phi) is 5.55. The van der Waals surface area contributed by atoms with E-state index in [1.54, 1.807) is 16.2 Å². The van der Waals surface area contributed by atoms with Crippen LogP contribution in [0.5, 0.6) is 0 Å². The van der Waals surface area contributed by atoms with Gasteiger partial charge in [0.05, 0.1) is 16.8 Å². The van der Waals surface area contributed by atoms with Crippen LogP contribution in [-0.2, 0) is 6.54 Å². The summed E-state index contributed by atoms with van der Waals surface area (Å²) < 4.78 is 1.10. The smallest absolute Gasteiger partial charge is 0.260 e. The molecular formula is C25H25N3OS. The van der Waals surface area contributed by atoms with E-state index in [9.17, 15) is 4.79 Å². The van der Waals surface area contributed by atoms with Crippen molar-refractivity contribution >= 4 is 38.3 Å². The average Bonchev–Trinajstić information content (AvgIpc) is 3.20. The molecule has 1 amide bonds. The third kappa shape index (κ3) is 3.94. The summed E-state index contributed by atoms with van der Waals surface area (Å²) in [6.45, 7) is 4.66. The van der Waals surface area contributed by atoms with Crippen LogP contribution in [0.15, 0.2) is 66.7 Å². The molecular weight excluding hydrogens is 390 g/mol.